The fraction of sp³-hybridized carbons (Fsp3) is 0.188. The molecule has 0 amide bonds. The summed E-state index contributed by atoms with van der Waals surface area (Å²) in [6.45, 7) is 0.653. The lowest BCUT2D eigenvalue weighted by molar-refractivity contribution is 0.0694. The number of ether oxygens (including phenoxy) is 2. The highest BCUT2D eigenvalue weighted by molar-refractivity contribution is 6.31. The molecule has 1 N–H and O–H groups in total. The molecule has 0 aromatic heterocycles. The van der Waals surface area contributed by atoms with Crippen molar-refractivity contribution in [2.24, 2.45) is 0 Å². The van der Waals surface area contributed by atoms with Gasteiger partial charge in [0.05, 0.1) is 6.61 Å². The molecule has 0 aliphatic rings. The number of rotatable bonds is 6. The molecule has 5 heteroatoms. The number of methoxy groups -OCH3 is 1. The number of carboxylic acid groups (broad SMARTS) is 1. The quantitative estimate of drug-likeness (QED) is 0.875. The monoisotopic (exact) mass is 306 g/mol. The maximum Gasteiger partial charge on any atom is 0.339 e. The third-order valence-electron chi connectivity index (χ3n) is 2.92. The first-order valence-corrected chi connectivity index (χ1v) is 6.76. The summed E-state index contributed by atoms with van der Waals surface area (Å²) >= 11 is 5.80. The van der Waals surface area contributed by atoms with E-state index in [2.05, 4.69) is 0 Å². The van der Waals surface area contributed by atoms with Crippen molar-refractivity contribution in [3.8, 4) is 11.5 Å². The van der Waals surface area contributed by atoms with Gasteiger partial charge in [0.2, 0.25) is 0 Å². The minimum atomic E-state index is -1.08. The fourth-order valence-corrected chi connectivity index (χ4v) is 2.00. The van der Waals surface area contributed by atoms with Crippen LogP contribution >= 0.6 is 11.6 Å². The Morgan fingerprint density at radius 2 is 1.90 bits per heavy atom. The van der Waals surface area contributed by atoms with Crippen molar-refractivity contribution in [3.63, 3.8) is 0 Å². The van der Waals surface area contributed by atoms with Crippen LogP contribution in [-0.4, -0.2) is 24.8 Å². The summed E-state index contributed by atoms with van der Waals surface area (Å²) in [7, 11) is 1.66. The van der Waals surface area contributed by atoms with Gasteiger partial charge in [-0.15, -0.1) is 0 Å². The Kier molecular flexibility index (Phi) is 5.20. The number of hydrogen-bond donors (Lipinski definition) is 1. The molecule has 21 heavy (non-hydrogen) atoms. The van der Waals surface area contributed by atoms with Crippen LogP contribution in [0.2, 0.25) is 5.02 Å². The summed E-state index contributed by atoms with van der Waals surface area (Å²) in [5.41, 5.74) is 1.16. The van der Waals surface area contributed by atoms with Gasteiger partial charge in [0.1, 0.15) is 17.1 Å². The predicted molar refractivity (Wildman–Crippen MR) is 80.5 cm³/mol. The zero-order chi connectivity index (χ0) is 15.2. The fourth-order valence-electron chi connectivity index (χ4n) is 1.83. The topological polar surface area (TPSA) is 55.8 Å². The average Bonchev–Trinajstić information content (AvgIpc) is 2.48. The van der Waals surface area contributed by atoms with E-state index < -0.39 is 5.97 Å². The van der Waals surface area contributed by atoms with Crippen molar-refractivity contribution in [2.75, 3.05) is 13.7 Å². The summed E-state index contributed by atoms with van der Waals surface area (Å²) in [5.74, 6) is -0.248. The lowest BCUT2D eigenvalue weighted by Crippen LogP contribution is -2.00. The second-order valence-corrected chi connectivity index (χ2v) is 4.87. The maximum absolute atomic E-state index is 11.2. The molecule has 0 aliphatic carbocycles. The van der Waals surface area contributed by atoms with E-state index in [1.807, 2.05) is 12.1 Å². The van der Waals surface area contributed by atoms with Crippen LogP contribution < -0.4 is 4.74 Å². The zero-order valence-electron chi connectivity index (χ0n) is 11.5. The number of carboxylic acids is 1. The molecule has 0 saturated heterocycles. The van der Waals surface area contributed by atoms with Gasteiger partial charge in [-0.25, -0.2) is 4.79 Å². The molecule has 0 saturated carbocycles. The van der Waals surface area contributed by atoms with E-state index in [0.717, 1.165) is 12.0 Å². The highest BCUT2D eigenvalue weighted by Gasteiger charge is 2.12. The normalized spacial score (nSPS) is 10.4. The Hall–Kier alpha value is -2.04. The predicted octanol–water partition coefficient (Wildman–Crippen LogP) is 4.02. The molecule has 110 valence electrons. The molecule has 0 spiro atoms. The van der Waals surface area contributed by atoms with Crippen molar-refractivity contribution in [2.45, 2.75) is 6.42 Å². The van der Waals surface area contributed by atoms with E-state index >= 15 is 0 Å². The van der Waals surface area contributed by atoms with Gasteiger partial charge in [-0.05, 0) is 42.3 Å². The summed E-state index contributed by atoms with van der Waals surface area (Å²) in [4.78, 5) is 11.2. The van der Waals surface area contributed by atoms with E-state index in [9.17, 15) is 4.79 Å². The third-order valence-corrected chi connectivity index (χ3v) is 3.15. The Morgan fingerprint density at radius 1 is 1.19 bits per heavy atom. The molecule has 0 fully saturated rings. The molecule has 0 atom stereocenters. The molecular formula is C16H15ClO4. The molecule has 0 heterocycles. The van der Waals surface area contributed by atoms with Crippen LogP contribution in [0, 0.1) is 0 Å². The van der Waals surface area contributed by atoms with Gasteiger partial charge >= 0.3 is 5.97 Å². The van der Waals surface area contributed by atoms with Crippen LogP contribution in [0.5, 0.6) is 11.5 Å². The van der Waals surface area contributed by atoms with Gasteiger partial charge in [0.25, 0.3) is 0 Å². The Morgan fingerprint density at radius 3 is 2.52 bits per heavy atom. The Balaban J connectivity index is 2.16. The van der Waals surface area contributed by atoms with Gasteiger partial charge in [-0.3, -0.25) is 0 Å². The summed E-state index contributed by atoms with van der Waals surface area (Å²) in [6.07, 6.45) is 0.818. The van der Waals surface area contributed by atoms with Crippen molar-refractivity contribution < 1.29 is 19.4 Å². The number of benzene rings is 2. The number of hydrogen-bond acceptors (Lipinski definition) is 3. The highest BCUT2D eigenvalue weighted by Crippen LogP contribution is 2.28. The van der Waals surface area contributed by atoms with E-state index in [1.54, 1.807) is 31.4 Å². The first-order chi connectivity index (χ1) is 10.1. The molecule has 0 unspecified atom stereocenters. The molecule has 2 aromatic carbocycles. The second-order valence-electron chi connectivity index (χ2n) is 4.43. The minimum absolute atomic E-state index is 0.0333. The van der Waals surface area contributed by atoms with Crippen molar-refractivity contribution in [3.05, 3.63) is 58.6 Å². The van der Waals surface area contributed by atoms with Crippen LogP contribution in [0.3, 0.4) is 0 Å². The number of halogens is 1. The smallest absolute Gasteiger partial charge is 0.339 e. The maximum atomic E-state index is 11.2. The number of aromatic carboxylic acids is 1. The van der Waals surface area contributed by atoms with Crippen molar-refractivity contribution in [1.29, 1.82) is 0 Å². The van der Waals surface area contributed by atoms with Crippen LogP contribution in [-0.2, 0) is 11.2 Å². The van der Waals surface area contributed by atoms with Gasteiger partial charge in [0.15, 0.2) is 0 Å². The average molecular weight is 307 g/mol. The van der Waals surface area contributed by atoms with Crippen molar-refractivity contribution in [1.82, 2.24) is 0 Å². The van der Waals surface area contributed by atoms with Crippen LogP contribution in [0.25, 0.3) is 0 Å². The molecule has 0 radical (unpaired) electrons. The highest BCUT2D eigenvalue weighted by atomic mass is 35.5. The molecule has 2 rings (SSSR count). The Bertz CT molecular complexity index is 623. The molecule has 0 aliphatic heterocycles. The van der Waals surface area contributed by atoms with Gasteiger partial charge < -0.3 is 14.6 Å². The standard InChI is InChI=1S/C16H15ClO4/c1-20-9-8-11-2-5-13(6-3-11)21-15-7-4-12(17)10-14(15)16(18)19/h2-7,10H,8-9H2,1H3,(H,18,19). The summed E-state index contributed by atoms with van der Waals surface area (Å²) < 4.78 is 10.6. The largest absolute Gasteiger partial charge is 0.478 e. The van der Waals surface area contributed by atoms with E-state index in [1.165, 1.54) is 6.07 Å². The first-order valence-electron chi connectivity index (χ1n) is 6.38. The van der Waals surface area contributed by atoms with Crippen LogP contribution in [0.4, 0.5) is 0 Å². The Labute approximate surface area is 127 Å². The lowest BCUT2D eigenvalue weighted by atomic mass is 10.1. The number of carbonyl (C=O) groups is 1. The first kappa shape index (κ1) is 15.4. The van der Waals surface area contributed by atoms with E-state index in [4.69, 9.17) is 26.2 Å². The summed E-state index contributed by atoms with van der Waals surface area (Å²) in [6, 6.07) is 11.9. The minimum Gasteiger partial charge on any atom is -0.478 e. The molecule has 4 nitrogen and oxygen atoms in total. The zero-order valence-corrected chi connectivity index (χ0v) is 12.3. The van der Waals surface area contributed by atoms with E-state index in [0.29, 0.717) is 17.4 Å². The second kappa shape index (κ2) is 7.11. The van der Waals surface area contributed by atoms with E-state index in [-0.39, 0.29) is 11.3 Å². The van der Waals surface area contributed by atoms with Crippen LogP contribution in [0.1, 0.15) is 15.9 Å². The molecular weight excluding hydrogens is 292 g/mol. The van der Waals surface area contributed by atoms with Gasteiger partial charge in [-0.1, -0.05) is 23.7 Å². The summed E-state index contributed by atoms with van der Waals surface area (Å²) in [5, 5.41) is 9.51. The van der Waals surface area contributed by atoms with Crippen LogP contribution in [0.15, 0.2) is 42.5 Å². The SMILES string of the molecule is COCCc1ccc(Oc2ccc(Cl)cc2C(=O)O)cc1. The van der Waals surface area contributed by atoms with Gasteiger partial charge in [-0.2, -0.15) is 0 Å². The third kappa shape index (κ3) is 4.21. The van der Waals surface area contributed by atoms with Gasteiger partial charge in [0, 0.05) is 12.1 Å². The van der Waals surface area contributed by atoms with Crippen molar-refractivity contribution >= 4 is 17.6 Å². The lowest BCUT2D eigenvalue weighted by Gasteiger charge is -2.09. The molecule has 2 aromatic rings. The molecule has 0 bridgehead atoms.